The zero-order chi connectivity index (χ0) is 17.3. The van der Waals surface area contributed by atoms with Crippen LogP contribution in [0.5, 0.6) is 0 Å². The van der Waals surface area contributed by atoms with Crippen LogP contribution in [0, 0.1) is 20.8 Å². The van der Waals surface area contributed by atoms with E-state index in [-0.39, 0.29) is 18.9 Å². The predicted octanol–water partition coefficient (Wildman–Crippen LogP) is 3.26. The van der Waals surface area contributed by atoms with Gasteiger partial charge >= 0.3 is 0 Å². The fraction of sp³-hybridized carbons (Fsp3) is 0.588. The Hall–Kier alpha value is -1.89. The van der Waals surface area contributed by atoms with Gasteiger partial charge in [-0.25, -0.2) is 13.5 Å². The maximum Gasteiger partial charge on any atom is 0.248 e. The highest BCUT2D eigenvalue weighted by Crippen LogP contribution is 2.33. The van der Waals surface area contributed by atoms with E-state index in [1.54, 1.807) is 4.68 Å². The number of alkyl halides is 2. The van der Waals surface area contributed by atoms with Gasteiger partial charge in [-0.05, 0) is 51.3 Å². The monoisotopic (exact) mass is 335 g/mol. The zero-order valence-electron chi connectivity index (χ0n) is 14.3. The van der Waals surface area contributed by atoms with Crippen LogP contribution in [-0.4, -0.2) is 31.9 Å². The second kappa shape index (κ2) is 6.55. The lowest BCUT2D eigenvalue weighted by atomic mass is 9.92. The Morgan fingerprint density at radius 3 is 2.46 bits per heavy atom. The number of aromatic nitrogens is 4. The standard InChI is InChI=1S/C17H23F2N5/c1-11-8-16(24-13(3)9-12(2)23-24)22-21-15(11)10-20-14-4-6-17(18,19)7-5-14/h8-9,14,20H,4-7,10H2,1-3H3. The first-order valence-electron chi connectivity index (χ1n) is 8.32. The van der Waals surface area contributed by atoms with Gasteiger partial charge in [0.1, 0.15) is 0 Å². The molecule has 0 aliphatic heterocycles. The van der Waals surface area contributed by atoms with Crippen molar-refractivity contribution in [3.63, 3.8) is 0 Å². The van der Waals surface area contributed by atoms with Crippen LogP contribution in [0.25, 0.3) is 5.82 Å². The Morgan fingerprint density at radius 1 is 1.17 bits per heavy atom. The molecule has 0 radical (unpaired) electrons. The molecule has 24 heavy (non-hydrogen) atoms. The normalized spacial score (nSPS) is 18.0. The molecule has 1 aliphatic rings. The van der Waals surface area contributed by atoms with Crippen LogP contribution < -0.4 is 5.32 Å². The molecule has 2 aromatic rings. The van der Waals surface area contributed by atoms with E-state index >= 15 is 0 Å². The van der Waals surface area contributed by atoms with E-state index in [9.17, 15) is 8.78 Å². The van der Waals surface area contributed by atoms with Crippen molar-refractivity contribution in [1.29, 1.82) is 0 Å². The molecular weight excluding hydrogens is 312 g/mol. The van der Waals surface area contributed by atoms with Crippen molar-refractivity contribution in [2.45, 2.75) is 65.0 Å². The quantitative estimate of drug-likeness (QED) is 0.932. The van der Waals surface area contributed by atoms with Gasteiger partial charge in [-0.2, -0.15) is 10.2 Å². The maximum atomic E-state index is 13.2. The van der Waals surface area contributed by atoms with Crippen molar-refractivity contribution < 1.29 is 8.78 Å². The number of rotatable bonds is 4. The number of aryl methyl sites for hydroxylation is 3. The second-order valence-electron chi connectivity index (χ2n) is 6.68. The van der Waals surface area contributed by atoms with Crippen LogP contribution in [-0.2, 0) is 6.54 Å². The average molecular weight is 335 g/mol. The van der Waals surface area contributed by atoms with Crippen LogP contribution in [0.2, 0.25) is 0 Å². The molecule has 0 bridgehead atoms. The number of nitrogens with zero attached hydrogens (tertiary/aromatic N) is 4. The Labute approximate surface area is 140 Å². The van der Waals surface area contributed by atoms with Gasteiger partial charge in [0.05, 0.1) is 11.4 Å². The largest absolute Gasteiger partial charge is 0.308 e. The molecule has 0 unspecified atom stereocenters. The third kappa shape index (κ3) is 3.77. The van der Waals surface area contributed by atoms with E-state index in [0.29, 0.717) is 25.2 Å². The molecule has 7 heteroatoms. The Bertz CT molecular complexity index is 716. The smallest absolute Gasteiger partial charge is 0.248 e. The van der Waals surface area contributed by atoms with Gasteiger partial charge in [-0.1, -0.05) is 0 Å². The van der Waals surface area contributed by atoms with Crippen molar-refractivity contribution in [2.24, 2.45) is 0 Å². The van der Waals surface area contributed by atoms with E-state index in [4.69, 9.17) is 0 Å². The molecule has 1 aliphatic carbocycles. The van der Waals surface area contributed by atoms with E-state index in [1.807, 2.05) is 32.9 Å². The average Bonchev–Trinajstić information content (AvgIpc) is 2.86. The van der Waals surface area contributed by atoms with E-state index < -0.39 is 5.92 Å². The minimum Gasteiger partial charge on any atom is -0.308 e. The van der Waals surface area contributed by atoms with Crippen molar-refractivity contribution >= 4 is 0 Å². The molecule has 0 spiro atoms. The molecule has 0 saturated heterocycles. The summed E-state index contributed by atoms with van der Waals surface area (Å²) in [6.07, 6.45) is 0.936. The minimum atomic E-state index is -2.49. The molecule has 2 aromatic heterocycles. The van der Waals surface area contributed by atoms with E-state index in [1.165, 1.54) is 0 Å². The summed E-state index contributed by atoms with van der Waals surface area (Å²) in [7, 11) is 0. The van der Waals surface area contributed by atoms with Gasteiger partial charge < -0.3 is 5.32 Å². The molecule has 2 heterocycles. The number of nitrogens with one attached hydrogen (secondary N) is 1. The fourth-order valence-electron chi connectivity index (χ4n) is 3.12. The maximum absolute atomic E-state index is 13.2. The highest BCUT2D eigenvalue weighted by molar-refractivity contribution is 5.30. The summed E-state index contributed by atoms with van der Waals surface area (Å²) in [5, 5.41) is 16.3. The SMILES string of the molecule is Cc1cc(C)n(-c2cc(C)c(CNC3CCC(F)(F)CC3)nn2)n1. The number of hydrogen-bond acceptors (Lipinski definition) is 4. The van der Waals surface area contributed by atoms with Crippen molar-refractivity contribution in [2.75, 3.05) is 0 Å². The predicted molar refractivity (Wildman–Crippen MR) is 87.4 cm³/mol. The summed E-state index contributed by atoms with van der Waals surface area (Å²) in [5.74, 6) is -1.80. The van der Waals surface area contributed by atoms with Gasteiger partial charge in [0.15, 0.2) is 5.82 Å². The van der Waals surface area contributed by atoms with Gasteiger partial charge in [0, 0.05) is 31.1 Å². The highest BCUT2D eigenvalue weighted by atomic mass is 19.3. The molecule has 130 valence electrons. The summed E-state index contributed by atoms with van der Waals surface area (Å²) in [6, 6.07) is 4.07. The van der Waals surface area contributed by atoms with Gasteiger partial charge in [-0.3, -0.25) is 0 Å². The van der Waals surface area contributed by atoms with Crippen molar-refractivity contribution in [3.8, 4) is 5.82 Å². The first kappa shape index (κ1) is 17.0. The topological polar surface area (TPSA) is 55.6 Å². The van der Waals surface area contributed by atoms with Crippen LogP contribution in [0.3, 0.4) is 0 Å². The molecule has 0 aromatic carbocycles. The number of halogens is 2. The summed E-state index contributed by atoms with van der Waals surface area (Å²) in [5.41, 5.74) is 3.81. The summed E-state index contributed by atoms with van der Waals surface area (Å²) >= 11 is 0. The van der Waals surface area contributed by atoms with Crippen LogP contribution in [0.1, 0.15) is 48.3 Å². The lowest BCUT2D eigenvalue weighted by Crippen LogP contribution is -2.37. The molecule has 1 saturated carbocycles. The van der Waals surface area contributed by atoms with Crippen LogP contribution in [0.15, 0.2) is 12.1 Å². The molecule has 1 fully saturated rings. The lowest BCUT2D eigenvalue weighted by Gasteiger charge is -2.28. The van der Waals surface area contributed by atoms with Crippen molar-refractivity contribution in [3.05, 3.63) is 34.8 Å². The first-order valence-corrected chi connectivity index (χ1v) is 8.32. The fourth-order valence-corrected chi connectivity index (χ4v) is 3.12. The van der Waals surface area contributed by atoms with E-state index in [0.717, 1.165) is 22.6 Å². The zero-order valence-corrected chi connectivity index (χ0v) is 14.3. The molecule has 0 amide bonds. The van der Waals surface area contributed by atoms with Gasteiger partial charge in [0.25, 0.3) is 0 Å². The Morgan fingerprint density at radius 2 is 1.88 bits per heavy atom. The Kier molecular flexibility index (Phi) is 4.62. The van der Waals surface area contributed by atoms with E-state index in [2.05, 4.69) is 20.6 Å². The van der Waals surface area contributed by atoms with Gasteiger partial charge in [-0.15, -0.1) is 5.10 Å². The second-order valence-corrected chi connectivity index (χ2v) is 6.68. The van der Waals surface area contributed by atoms with Crippen molar-refractivity contribution in [1.82, 2.24) is 25.3 Å². The van der Waals surface area contributed by atoms with Gasteiger partial charge in [0.2, 0.25) is 5.92 Å². The third-order valence-electron chi connectivity index (χ3n) is 4.58. The number of hydrogen-bond donors (Lipinski definition) is 1. The third-order valence-corrected chi connectivity index (χ3v) is 4.58. The first-order chi connectivity index (χ1) is 11.3. The molecule has 3 rings (SSSR count). The molecule has 1 N–H and O–H groups in total. The Balaban J connectivity index is 1.64. The summed E-state index contributed by atoms with van der Waals surface area (Å²) < 4.78 is 28.1. The molecule has 5 nitrogen and oxygen atoms in total. The molecule has 0 atom stereocenters. The summed E-state index contributed by atoms with van der Waals surface area (Å²) in [6.45, 7) is 6.45. The highest BCUT2D eigenvalue weighted by Gasteiger charge is 2.34. The lowest BCUT2D eigenvalue weighted by molar-refractivity contribution is -0.0405. The summed E-state index contributed by atoms with van der Waals surface area (Å²) in [4.78, 5) is 0. The van der Waals surface area contributed by atoms with Crippen LogP contribution >= 0.6 is 0 Å². The van der Waals surface area contributed by atoms with Crippen LogP contribution in [0.4, 0.5) is 8.78 Å². The molecular formula is C17H23F2N5. The minimum absolute atomic E-state index is 0.0355.